The van der Waals surface area contributed by atoms with Crippen LogP contribution in [0.5, 0.6) is 0 Å². The molecule has 0 aromatic heterocycles. The maximum atomic E-state index is 13.2. The highest BCUT2D eigenvalue weighted by Crippen LogP contribution is 2.42. The molecule has 2 aliphatic heterocycles. The highest BCUT2D eigenvalue weighted by atomic mass is 79.9. The topological polar surface area (TPSA) is 74.8 Å². The molecule has 4 amide bonds. The Morgan fingerprint density at radius 1 is 0.515 bits per heavy atom. The number of hydrogen-bond donors (Lipinski definition) is 0. The van der Waals surface area contributed by atoms with Crippen molar-refractivity contribution in [2.45, 2.75) is 86.2 Å². The minimum atomic E-state index is -0.177. The Morgan fingerprint density at radius 3 is 1.44 bits per heavy atom. The third kappa shape index (κ3) is 9.37. The quantitative estimate of drug-likeness (QED) is 0.0852. The molecule has 6 nitrogen and oxygen atoms in total. The zero-order valence-electron chi connectivity index (χ0n) is 37.6. The summed E-state index contributed by atoms with van der Waals surface area (Å²) in [6, 6.07) is 32.0. The van der Waals surface area contributed by atoms with Crippen LogP contribution in [0.4, 0.5) is 0 Å². The Hall–Kier alpha value is -4.48. The lowest BCUT2D eigenvalue weighted by atomic mass is 9.89. The molecule has 4 aliphatic rings. The van der Waals surface area contributed by atoms with Crippen molar-refractivity contribution in [1.82, 2.24) is 9.80 Å². The summed E-state index contributed by atoms with van der Waals surface area (Å²) in [5, 5.41) is 3.74. The fourth-order valence-electron chi connectivity index (χ4n) is 9.58. The number of carbonyl (C=O) groups excluding carboxylic acids is 4. The molecule has 0 saturated heterocycles. The SMILES string of the molecule is CC(CCc1ccccc1)N1C(=O)c2ccc3c4c(ccc(c24)C1=O)C=C3.CCCCC(CC)CN1C(=O)c2ccc3c4c(ccc(c24)C1=O)C=C3.CCc1ccc(C(Br)Br)c(C(Br)Br)c1. The van der Waals surface area contributed by atoms with E-state index in [-0.39, 0.29) is 37.1 Å². The smallest absolute Gasteiger partial charge is 0.261 e. The molecule has 338 valence electrons. The average molecular weight is 1140 g/mol. The van der Waals surface area contributed by atoms with Crippen molar-refractivity contribution in [1.29, 1.82) is 0 Å². The second-order valence-corrected chi connectivity index (χ2v) is 23.5. The first-order chi connectivity index (χ1) is 31.9. The molecule has 0 bridgehead atoms. The van der Waals surface area contributed by atoms with E-state index in [0.29, 0.717) is 34.7 Å². The fourth-order valence-corrected chi connectivity index (χ4v) is 11.2. The number of nitrogens with zero attached hydrogens (tertiary/aromatic N) is 2. The Morgan fingerprint density at radius 2 is 1.00 bits per heavy atom. The molecule has 0 N–H and O–H groups in total. The number of imide groups is 2. The van der Waals surface area contributed by atoms with Crippen LogP contribution in [0.2, 0.25) is 0 Å². The Bertz CT molecular complexity index is 2820. The van der Waals surface area contributed by atoms with Gasteiger partial charge in [0.1, 0.15) is 0 Å². The van der Waals surface area contributed by atoms with Crippen LogP contribution >= 0.6 is 63.7 Å². The van der Waals surface area contributed by atoms with E-state index in [9.17, 15) is 19.2 Å². The van der Waals surface area contributed by atoms with E-state index >= 15 is 0 Å². The van der Waals surface area contributed by atoms with Gasteiger partial charge in [0, 0.05) is 45.6 Å². The summed E-state index contributed by atoms with van der Waals surface area (Å²) in [6.07, 6.45) is 15.2. The molecular formula is C56H52Br4N2O4. The first-order valence-corrected chi connectivity index (χ1v) is 26.5. The zero-order chi connectivity index (χ0) is 46.8. The average Bonchev–Trinajstić information content (AvgIpc) is 3.97. The van der Waals surface area contributed by atoms with Gasteiger partial charge in [0.2, 0.25) is 0 Å². The lowest BCUT2D eigenvalue weighted by Crippen LogP contribution is -2.46. The van der Waals surface area contributed by atoms with Crippen molar-refractivity contribution in [2.75, 3.05) is 6.54 Å². The molecule has 2 heterocycles. The normalized spacial score (nSPS) is 14.9. The van der Waals surface area contributed by atoms with Gasteiger partial charge in [0.15, 0.2) is 0 Å². The number of hydrogen-bond acceptors (Lipinski definition) is 4. The van der Waals surface area contributed by atoms with E-state index < -0.39 is 0 Å². The predicted molar refractivity (Wildman–Crippen MR) is 286 cm³/mol. The highest BCUT2D eigenvalue weighted by molar-refractivity contribution is 9.24. The van der Waals surface area contributed by atoms with E-state index in [1.54, 1.807) is 0 Å². The van der Waals surface area contributed by atoms with Gasteiger partial charge in [-0.05, 0) is 118 Å². The summed E-state index contributed by atoms with van der Waals surface area (Å²) in [7, 11) is 0. The van der Waals surface area contributed by atoms with Crippen LogP contribution in [0.15, 0.2) is 97.1 Å². The number of unbranched alkanes of at least 4 members (excludes halogenated alkanes) is 1. The zero-order valence-corrected chi connectivity index (χ0v) is 43.9. The van der Waals surface area contributed by atoms with E-state index in [4.69, 9.17) is 0 Å². The first-order valence-electron chi connectivity index (χ1n) is 22.9. The van der Waals surface area contributed by atoms with E-state index in [0.717, 1.165) is 88.7 Å². The summed E-state index contributed by atoms with van der Waals surface area (Å²) in [5.74, 6) is -0.251. The van der Waals surface area contributed by atoms with Gasteiger partial charge in [-0.25, -0.2) is 0 Å². The largest absolute Gasteiger partial charge is 0.274 e. The van der Waals surface area contributed by atoms with Crippen LogP contribution < -0.4 is 0 Å². The molecule has 10 heteroatoms. The van der Waals surface area contributed by atoms with Crippen molar-refractivity contribution in [3.8, 4) is 0 Å². The van der Waals surface area contributed by atoms with Gasteiger partial charge in [-0.2, -0.15) is 0 Å². The lowest BCUT2D eigenvalue weighted by Gasteiger charge is -2.32. The van der Waals surface area contributed by atoms with Gasteiger partial charge in [-0.15, -0.1) is 0 Å². The summed E-state index contributed by atoms with van der Waals surface area (Å²) < 4.78 is 0.405. The van der Waals surface area contributed by atoms with Gasteiger partial charge in [0.25, 0.3) is 23.6 Å². The maximum Gasteiger partial charge on any atom is 0.261 e. The molecule has 0 radical (unpaired) electrons. The molecule has 2 unspecified atom stereocenters. The number of alkyl halides is 4. The molecule has 10 rings (SSSR count). The van der Waals surface area contributed by atoms with Crippen LogP contribution in [-0.4, -0.2) is 46.0 Å². The van der Waals surface area contributed by atoms with Crippen molar-refractivity contribution in [3.63, 3.8) is 0 Å². The first kappa shape index (κ1) is 48.0. The van der Waals surface area contributed by atoms with Crippen LogP contribution in [0.3, 0.4) is 0 Å². The minimum Gasteiger partial charge on any atom is -0.274 e. The van der Waals surface area contributed by atoms with E-state index in [2.05, 4.69) is 127 Å². The summed E-state index contributed by atoms with van der Waals surface area (Å²) in [5.41, 5.74) is 12.1. The number of halogens is 4. The maximum absolute atomic E-state index is 13.2. The monoisotopic (exact) mass is 1130 g/mol. The van der Waals surface area contributed by atoms with Gasteiger partial charge < -0.3 is 0 Å². The van der Waals surface area contributed by atoms with Crippen LogP contribution in [-0.2, 0) is 12.8 Å². The summed E-state index contributed by atoms with van der Waals surface area (Å²) in [4.78, 5) is 55.4. The summed E-state index contributed by atoms with van der Waals surface area (Å²) in [6.45, 7) is 8.96. The van der Waals surface area contributed by atoms with Crippen LogP contribution in [0.25, 0.3) is 45.8 Å². The molecule has 2 aliphatic carbocycles. The van der Waals surface area contributed by atoms with Gasteiger partial charge in [-0.3, -0.25) is 29.0 Å². The van der Waals surface area contributed by atoms with Gasteiger partial charge in [0.05, 0.1) is 7.47 Å². The predicted octanol–water partition coefficient (Wildman–Crippen LogP) is 15.9. The molecule has 6 aromatic carbocycles. The Labute approximate surface area is 421 Å². The van der Waals surface area contributed by atoms with Gasteiger partial charge in [-0.1, -0.05) is 201 Å². The lowest BCUT2D eigenvalue weighted by molar-refractivity contribution is 0.0539. The molecule has 0 saturated carbocycles. The third-order valence-corrected chi connectivity index (χ3v) is 15.3. The van der Waals surface area contributed by atoms with E-state index in [1.165, 1.54) is 32.1 Å². The minimum absolute atomic E-state index is 0.136. The number of amides is 4. The van der Waals surface area contributed by atoms with Gasteiger partial charge >= 0.3 is 0 Å². The molecule has 6 aromatic rings. The van der Waals surface area contributed by atoms with Crippen molar-refractivity contribution in [3.05, 3.63) is 164 Å². The molecular weight excluding hydrogens is 1080 g/mol. The second-order valence-electron chi connectivity index (χ2n) is 17.4. The number of carbonyl (C=O) groups is 4. The number of benzene rings is 6. The standard InChI is InChI=1S/C24H19NO2.C22H23NO2.C10H10Br4/c1-15(7-8-16-5-3-2-4-6-16)25-23(26)19-13-11-17-9-10-18-12-14-20(24(25)27)22(19)21(17)18;1-3-5-6-14(4-2)13-23-21(24)17-11-9-15-7-8-16-10-12-18(22(23)25)20(17)19(15)16;1-2-6-3-4-7(9(11)12)8(5-6)10(13)14/h2-6,9-15H,7-8H2,1H3;7-12,14H,3-6,13H2,1-2H3;3-5,9-10H,2H2,1H3. The molecule has 0 spiro atoms. The number of rotatable bonds is 13. The Kier molecular flexibility index (Phi) is 15.1. The van der Waals surface area contributed by atoms with E-state index in [1.807, 2.05) is 85.8 Å². The van der Waals surface area contributed by atoms with Crippen molar-refractivity contribution in [2.24, 2.45) is 5.92 Å². The second kappa shape index (κ2) is 20.8. The number of aryl methyl sites for hydroxylation is 2. The van der Waals surface area contributed by atoms with Crippen molar-refractivity contribution >= 4 is 133 Å². The van der Waals surface area contributed by atoms with Crippen LogP contribution in [0, 0.1) is 5.92 Å². The highest BCUT2D eigenvalue weighted by Gasteiger charge is 2.38. The molecule has 66 heavy (non-hydrogen) atoms. The Balaban J connectivity index is 0.000000142. The molecule has 0 fully saturated rings. The van der Waals surface area contributed by atoms with Crippen molar-refractivity contribution < 1.29 is 19.2 Å². The summed E-state index contributed by atoms with van der Waals surface area (Å²) >= 11 is 14.1. The third-order valence-electron chi connectivity index (χ3n) is 13.3. The fraction of sp³-hybridized carbons (Fsp3) is 0.286. The van der Waals surface area contributed by atoms with Crippen LogP contribution in [0.1, 0.15) is 153 Å². The molecule has 2 atom stereocenters.